The van der Waals surface area contributed by atoms with Crippen LogP contribution in [0.2, 0.25) is 0 Å². The van der Waals surface area contributed by atoms with E-state index in [0.29, 0.717) is 0 Å². The van der Waals surface area contributed by atoms with Gasteiger partial charge in [-0.3, -0.25) is 9.97 Å². The topological polar surface area (TPSA) is 25.8 Å². The van der Waals surface area contributed by atoms with Crippen LogP contribution < -0.4 is 0 Å². The maximum Gasteiger partial charge on any atom is 0.0346 e. The summed E-state index contributed by atoms with van der Waals surface area (Å²) in [7, 11) is 0. The number of fused-ring (bicyclic) bond motifs is 1. The number of nitrogens with zero attached hydrogens (tertiary/aromatic N) is 2. The molecule has 0 saturated heterocycles. The summed E-state index contributed by atoms with van der Waals surface area (Å²) >= 11 is 0. The van der Waals surface area contributed by atoms with Gasteiger partial charge in [-0.15, -0.1) is 0 Å². The summed E-state index contributed by atoms with van der Waals surface area (Å²) in [6.07, 6.45) is 7.43. The largest absolute Gasteiger partial charge is 0.264 e. The van der Waals surface area contributed by atoms with Gasteiger partial charge in [0.05, 0.1) is 0 Å². The second-order valence-electron chi connectivity index (χ2n) is 5.19. The molecule has 2 heterocycles. The lowest BCUT2D eigenvalue weighted by Crippen LogP contribution is -1.87. The Hall–Kier alpha value is -3.00. The number of hydrogen-bond acceptors (Lipinski definition) is 2. The van der Waals surface area contributed by atoms with E-state index >= 15 is 0 Å². The molecular formula is C20H14N2. The summed E-state index contributed by atoms with van der Waals surface area (Å²) in [4.78, 5) is 8.52. The standard InChI is InChI=1S/C20H14N2/c1-5-15-6-2-10-19(17-8-4-12-22-14-17)20(15)18(9-1)16-7-3-11-21-13-16/h1-14H. The minimum Gasteiger partial charge on any atom is -0.264 e. The fourth-order valence-corrected chi connectivity index (χ4v) is 2.87. The van der Waals surface area contributed by atoms with Crippen molar-refractivity contribution in [3.63, 3.8) is 0 Å². The molecule has 4 aromatic rings. The smallest absolute Gasteiger partial charge is 0.0346 e. The van der Waals surface area contributed by atoms with Crippen molar-refractivity contribution in [2.24, 2.45) is 0 Å². The lowest BCUT2D eigenvalue weighted by Gasteiger charge is -2.12. The molecule has 0 saturated carbocycles. The molecule has 0 unspecified atom stereocenters. The van der Waals surface area contributed by atoms with Crippen molar-refractivity contribution in [2.75, 3.05) is 0 Å². The first kappa shape index (κ1) is 12.7. The van der Waals surface area contributed by atoms with Crippen LogP contribution in [0.3, 0.4) is 0 Å². The van der Waals surface area contributed by atoms with E-state index in [9.17, 15) is 0 Å². The van der Waals surface area contributed by atoms with E-state index < -0.39 is 0 Å². The lowest BCUT2D eigenvalue weighted by atomic mass is 9.93. The Labute approximate surface area is 129 Å². The molecule has 0 aliphatic rings. The molecule has 2 aromatic carbocycles. The lowest BCUT2D eigenvalue weighted by molar-refractivity contribution is 1.33. The Morgan fingerprint density at radius 2 is 1.09 bits per heavy atom. The van der Waals surface area contributed by atoms with E-state index in [1.165, 1.54) is 21.9 Å². The van der Waals surface area contributed by atoms with Crippen LogP contribution in [0.1, 0.15) is 0 Å². The Bertz CT molecular complexity index is 842. The summed E-state index contributed by atoms with van der Waals surface area (Å²) in [5.74, 6) is 0. The molecule has 0 bridgehead atoms. The van der Waals surface area contributed by atoms with E-state index in [4.69, 9.17) is 0 Å². The highest BCUT2D eigenvalue weighted by molar-refractivity contribution is 6.06. The predicted molar refractivity (Wildman–Crippen MR) is 90.4 cm³/mol. The fraction of sp³-hybridized carbons (Fsp3) is 0. The van der Waals surface area contributed by atoms with Gasteiger partial charge in [0.2, 0.25) is 0 Å². The summed E-state index contributed by atoms with van der Waals surface area (Å²) < 4.78 is 0. The fourth-order valence-electron chi connectivity index (χ4n) is 2.87. The Morgan fingerprint density at radius 3 is 1.55 bits per heavy atom. The minimum absolute atomic E-state index is 1.13. The molecule has 0 fully saturated rings. The van der Waals surface area contributed by atoms with Gasteiger partial charge in [-0.2, -0.15) is 0 Å². The molecule has 22 heavy (non-hydrogen) atoms. The third-order valence-electron chi connectivity index (χ3n) is 3.85. The highest BCUT2D eigenvalue weighted by atomic mass is 14.6. The van der Waals surface area contributed by atoms with Gasteiger partial charge in [0.1, 0.15) is 0 Å². The summed E-state index contributed by atoms with van der Waals surface area (Å²) in [6.45, 7) is 0. The third kappa shape index (κ3) is 2.15. The third-order valence-corrected chi connectivity index (χ3v) is 3.85. The molecule has 0 N–H and O–H groups in total. The zero-order valence-corrected chi connectivity index (χ0v) is 12.0. The van der Waals surface area contributed by atoms with Crippen molar-refractivity contribution in [2.45, 2.75) is 0 Å². The molecule has 4 rings (SSSR count). The predicted octanol–water partition coefficient (Wildman–Crippen LogP) is 4.96. The van der Waals surface area contributed by atoms with Crippen molar-refractivity contribution in [1.29, 1.82) is 0 Å². The van der Waals surface area contributed by atoms with Crippen LogP contribution in [0.25, 0.3) is 33.0 Å². The SMILES string of the molecule is c1cncc(-c2cccc3cccc(-c4cccnc4)c23)c1. The average Bonchev–Trinajstić information content (AvgIpc) is 2.62. The van der Waals surface area contributed by atoms with E-state index in [0.717, 1.165) is 11.1 Å². The second-order valence-corrected chi connectivity index (χ2v) is 5.19. The van der Waals surface area contributed by atoms with Crippen LogP contribution in [0, 0.1) is 0 Å². The number of rotatable bonds is 2. The first-order valence-electron chi connectivity index (χ1n) is 7.26. The molecular weight excluding hydrogens is 268 g/mol. The van der Waals surface area contributed by atoms with Crippen molar-refractivity contribution >= 4 is 10.8 Å². The molecule has 0 spiro atoms. The van der Waals surface area contributed by atoms with Gasteiger partial charge in [-0.05, 0) is 34.0 Å². The quantitative estimate of drug-likeness (QED) is 0.519. The Kier molecular flexibility index (Phi) is 3.13. The highest BCUT2D eigenvalue weighted by Crippen LogP contribution is 2.35. The summed E-state index contributed by atoms with van der Waals surface area (Å²) in [5.41, 5.74) is 4.66. The molecule has 0 atom stereocenters. The zero-order valence-electron chi connectivity index (χ0n) is 12.0. The maximum absolute atomic E-state index is 4.26. The first-order chi connectivity index (χ1) is 10.9. The van der Waals surface area contributed by atoms with Crippen LogP contribution >= 0.6 is 0 Å². The molecule has 0 amide bonds. The molecule has 104 valence electrons. The Morgan fingerprint density at radius 1 is 0.545 bits per heavy atom. The number of hydrogen-bond donors (Lipinski definition) is 0. The van der Waals surface area contributed by atoms with Gasteiger partial charge in [-0.25, -0.2) is 0 Å². The monoisotopic (exact) mass is 282 g/mol. The highest BCUT2D eigenvalue weighted by Gasteiger charge is 2.09. The molecule has 2 heteroatoms. The van der Waals surface area contributed by atoms with Gasteiger partial charge in [0, 0.05) is 35.9 Å². The maximum atomic E-state index is 4.26. The normalized spacial score (nSPS) is 10.7. The van der Waals surface area contributed by atoms with Crippen LogP contribution in [0.4, 0.5) is 0 Å². The van der Waals surface area contributed by atoms with Gasteiger partial charge in [-0.1, -0.05) is 48.5 Å². The number of benzene rings is 2. The van der Waals surface area contributed by atoms with Crippen molar-refractivity contribution < 1.29 is 0 Å². The van der Waals surface area contributed by atoms with Crippen molar-refractivity contribution in [3.05, 3.63) is 85.5 Å². The average molecular weight is 282 g/mol. The second kappa shape index (κ2) is 5.41. The van der Waals surface area contributed by atoms with Gasteiger partial charge < -0.3 is 0 Å². The van der Waals surface area contributed by atoms with Crippen LogP contribution in [-0.2, 0) is 0 Å². The zero-order chi connectivity index (χ0) is 14.8. The van der Waals surface area contributed by atoms with Crippen LogP contribution in [-0.4, -0.2) is 9.97 Å². The molecule has 0 aliphatic carbocycles. The van der Waals surface area contributed by atoms with Crippen LogP contribution in [0.15, 0.2) is 85.5 Å². The molecule has 2 aromatic heterocycles. The van der Waals surface area contributed by atoms with Gasteiger partial charge in [0.25, 0.3) is 0 Å². The van der Waals surface area contributed by atoms with Gasteiger partial charge in [0.15, 0.2) is 0 Å². The van der Waals surface area contributed by atoms with E-state index in [-0.39, 0.29) is 0 Å². The first-order valence-corrected chi connectivity index (χ1v) is 7.26. The van der Waals surface area contributed by atoms with Crippen molar-refractivity contribution in [3.8, 4) is 22.3 Å². The van der Waals surface area contributed by atoms with E-state index in [1.54, 1.807) is 12.4 Å². The molecule has 2 nitrogen and oxygen atoms in total. The van der Waals surface area contributed by atoms with E-state index in [1.807, 2.05) is 24.5 Å². The van der Waals surface area contributed by atoms with E-state index in [2.05, 4.69) is 58.5 Å². The van der Waals surface area contributed by atoms with Crippen LogP contribution in [0.5, 0.6) is 0 Å². The summed E-state index contributed by atoms with van der Waals surface area (Å²) in [5, 5.41) is 2.47. The number of pyridine rings is 2. The molecule has 0 radical (unpaired) electrons. The number of aromatic nitrogens is 2. The van der Waals surface area contributed by atoms with Crippen molar-refractivity contribution in [1.82, 2.24) is 9.97 Å². The van der Waals surface area contributed by atoms with Gasteiger partial charge >= 0.3 is 0 Å². The Balaban J connectivity index is 2.07. The molecule has 0 aliphatic heterocycles. The minimum atomic E-state index is 1.13. The summed E-state index contributed by atoms with van der Waals surface area (Å²) in [6, 6.07) is 20.9.